The van der Waals surface area contributed by atoms with E-state index >= 15 is 0 Å². The molecule has 76 valence electrons. The molecule has 0 fully saturated rings. The molecule has 0 aromatic heterocycles. The van der Waals surface area contributed by atoms with E-state index in [2.05, 4.69) is 19.2 Å². The smallest absolute Gasteiger partial charge is 0.108 e. The van der Waals surface area contributed by atoms with E-state index in [-0.39, 0.29) is 6.67 Å². The summed E-state index contributed by atoms with van der Waals surface area (Å²) in [4.78, 5) is 0. The lowest BCUT2D eigenvalue weighted by Crippen LogP contribution is -2.11. The monoisotopic (exact) mass is 185 g/mol. The predicted octanol–water partition coefficient (Wildman–Crippen LogP) is 2.85. The van der Waals surface area contributed by atoms with Crippen molar-refractivity contribution in [1.29, 1.82) is 0 Å². The Kier molecular flexibility index (Phi) is 7.60. The molecular weight excluding hydrogens is 165 g/mol. The summed E-state index contributed by atoms with van der Waals surface area (Å²) in [5.74, 6) is 0. The molecule has 0 heterocycles. The van der Waals surface area contributed by atoms with Crippen molar-refractivity contribution in [1.82, 2.24) is 5.32 Å². The lowest BCUT2D eigenvalue weighted by atomic mass is 10.1. The fourth-order valence-corrected chi connectivity index (χ4v) is 1.17. The summed E-state index contributed by atoms with van der Waals surface area (Å²) in [6.45, 7) is 4.82. The number of rotatable bonds is 6. The van der Waals surface area contributed by atoms with E-state index in [1.807, 2.05) is 13.1 Å². The molecule has 0 bridgehead atoms. The molecule has 13 heavy (non-hydrogen) atoms. The van der Waals surface area contributed by atoms with Crippen molar-refractivity contribution in [2.45, 2.75) is 26.7 Å². The van der Waals surface area contributed by atoms with E-state index in [1.165, 1.54) is 11.1 Å². The summed E-state index contributed by atoms with van der Waals surface area (Å²) >= 11 is 0. The van der Waals surface area contributed by atoms with Gasteiger partial charge in [0.1, 0.15) is 6.67 Å². The van der Waals surface area contributed by atoms with Crippen LogP contribution in [0.15, 0.2) is 23.3 Å². The molecule has 0 aliphatic rings. The van der Waals surface area contributed by atoms with Crippen LogP contribution in [-0.2, 0) is 0 Å². The number of allylic oxidation sites excluding steroid dienone is 3. The average Bonchev–Trinajstić information content (AvgIpc) is 2.10. The molecule has 1 nitrogen and oxygen atoms in total. The summed E-state index contributed by atoms with van der Waals surface area (Å²) in [7, 11) is 1.94. The largest absolute Gasteiger partial charge is 0.316 e. The normalized spacial score (nSPS) is 10.8. The fraction of sp³-hybridized carbons (Fsp3) is 0.636. The molecule has 2 heteroatoms. The molecule has 0 atom stereocenters. The number of hydrogen-bond donors (Lipinski definition) is 1. The summed E-state index contributed by atoms with van der Waals surface area (Å²) < 4.78 is 11.7. The Labute approximate surface area is 80.7 Å². The standard InChI is InChI=1S/C11H20FN/c1-10(2)11(9-13-3)7-5-4-6-8-12/h4,6,13H,5,7-9H2,1-3H3/b6-4-. The summed E-state index contributed by atoms with van der Waals surface area (Å²) in [5.41, 5.74) is 2.79. The van der Waals surface area contributed by atoms with Gasteiger partial charge in [-0.25, -0.2) is 4.39 Å². The molecule has 0 rings (SSSR count). The van der Waals surface area contributed by atoms with Crippen molar-refractivity contribution in [3.8, 4) is 0 Å². The molecule has 0 aromatic rings. The van der Waals surface area contributed by atoms with Crippen molar-refractivity contribution in [2.24, 2.45) is 0 Å². The maximum absolute atomic E-state index is 11.7. The first-order chi connectivity index (χ1) is 6.22. The van der Waals surface area contributed by atoms with E-state index in [9.17, 15) is 4.39 Å². The minimum absolute atomic E-state index is 0.351. The second-order valence-corrected chi connectivity index (χ2v) is 3.30. The third-order valence-electron chi connectivity index (χ3n) is 1.97. The Morgan fingerprint density at radius 3 is 2.46 bits per heavy atom. The SMILES string of the molecule is CNCC(CC/C=C\CF)=C(C)C. The topological polar surface area (TPSA) is 12.0 Å². The minimum Gasteiger partial charge on any atom is -0.316 e. The van der Waals surface area contributed by atoms with E-state index in [0.717, 1.165) is 19.4 Å². The van der Waals surface area contributed by atoms with Gasteiger partial charge in [-0.3, -0.25) is 0 Å². The molecular formula is C11H20FN. The molecule has 0 spiro atoms. The Bertz CT molecular complexity index is 179. The highest BCUT2D eigenvalue weighted by atomic mass is 19.1. The van der Waals surface area contributed by atoms with Gasteiger partial charge in [0.2, 0.25) is 0 Å². The third-order valence-corrected chi connectivity index (χ3v) is 1.97. The summed E-state index contributed by atoms with van der Waals surface area (Å²) in [6, 6.07) is 0. The van der Waals surface area contributed by atoms with Gasteiger partial charge in [-0.2, -0.15) is 0 Å². The van der Waals surface area contributed by atoms with Crippen molar-refractivity contribution in [3.63, 3.8) is 0 Å². The highest BCUT2D eigenvalue weighted by molar-refractivity contribution is 5.12. The zero-order chi connectivity index (χ0) is 10.1. The summed E-state index contributed by atoms with van der Waals surface area (Å²) in [5, 5.41) is 3.13. The van der Waals surface area contributed by atoms with E-state index in [4.69, 9.17) is 0 Å². The van der Waals surface area contributed by atoms with Crippen LogP contribution in [0.1, 0.15) is 26.7 Å². The highest BCUT2D eigenvalue weighted by Crippen LogP contribution is 2.10. The molecule has 0 saturated heterocycles. The van der Waals surface area contributed by atoms with Gasteiger partial charge < -0.3 is 5.32 Å². The number of nitrogens with one attached hydrogen (secondary N) is 1. The Morgan fingerprint density at radius 1 is 1.31 bits per heavy atom. The van der Waals surface area contributed by atoms with Crippen molar-refractivity contribution >= 4 is 0 Å². The average molecular weight is 185 g/mol. The van der Waals surface area contributed by atoms with Gasteiger partial charge in [0.05, 0.1) is 0 Å². The van der Waals surface area contributed by atoms with Crippen LogP contribution in [0.25, 0.3) is 0 Å². The second kappa shape index (κ2) is 7.99. The van der Waals surface area contributed by atoms with Crippen molar-refractivity contribution in [2.75, 3.05) is 20.3 Å². The van der Waals surface area contributed by atoms with Gasteiger partial charge in [0, 0.05) is 6.54 Å². The Hall–Kier alpha value is -0.630. The number of hydrogen-bond acceptors (Lipinski definition) is 1. The van der Waals surface area contributed by atoms with Gasteiger partial charge >= 0.3 is 0 Å². The first-order valence-electron chi connectivity index (χ1n) is 4.73. The van der Waals surface area contributed by atoms with Crippen LogP contribution in [0.4, 0.5) is 4.39 Å². The van der Waals surface area contributed by atoms with Gasteiger partial charge in [-0.1, -0.05) is 23.3 Å². The van der Waals surface area contributed by atoms with E-state index in [1.54, 1.807) is 6.08 Å². The molecule has 1 N–H and O–H groups in total. The number of halogens is 1. The predicted molar refractivity (Wildman–Crippen MR) is 56.6 cm³/mol. The molecule has 0 unspecified atom stereocenters. The fourth-order valence-electron chi connectivity index (χ4n) is 1.17. The van der Waals surface area contributed by atoms with Crippen LogP contribution in [-0.4, -0.2) is 20.3 Å². The Morgan fingerprint density at radius 2 is 2.00 bits per heavy atom. The first kappa shape index (κ1) is 12.4. The maximum Gasteiger partial charge on any atom is 0.108 e. The van der Waals surface area contributed by atoms with Crippen LogP contribution < -0.4 is 5.32 Å². The zero-order valence-electron chi connectivity index (χ0n) is 8.86. The van der Waals surface area contributed by atoms with Crippen molar-refractivity contribution in [3.05, 3.63) is 23.3 Å². The lowest BCUT2D eigenvalue weighted by molar-refractivity contribution is 0.560. The van der Waals surface area contributed by atoms with Crippen LogP contribution in [0.2, 0.25) is 0 Å². The molecule has 0 aliphatic carbocycles. The molecule has 0 aromatic carbocycles. The quantitative estimate of drug-likeness (QED) is 0.627. The van der Waals surface area contributed by atoms with Gasteiger partial charge in [-0.15, -0.1) is 0 Å². The lowest BCUT2D eigenvalue weighted by Gasteiger charge is -2.07. The van der Waals surface area contributed by atoms with Crippen LogP contribution in [0.5, 0.6) is 0 Å². The van der Waals surface area contributed by atoms with Gasteiger partial charge in [-0.05, 0) is 33.7 Å². The van der Waals surface area contributed by atoms with Crippen molar-refractivity contribution < 1.29 is 4.39 Å². The van der Waals surface area contributed by atoms with E-state index < -0.39 is 0 Å². The van der Waals surface area contributed by atoms with Gasteiger partial charge in [0.25, 0.3) is 0 Å². The summed E-state index contributed by atoms with van der Waals surface area (Å²) in [6.07, 6.45) is 5.44. The first-order valence-corrected chi connectivity index (χ1v) is 4.73. The van der Waals surface area contributed by atoms with Crippen LogP contribution in [0.3, 0.4) is 0 Å². The minimum atomic E-state index is -0.351. The molecule has 0 aliphatic heterocycles. The number of alkyl halides is 1. The number of likely N-dealkylation sites (N-methyl/N-ethyl adjacent to an activating group) is 1. The zero-order valence-corrected chi connectivity index (χ0v) is 8.86. The Balaban J connectivity index is 3.84. The molecule has 0 radical (unpaired) electrons. The molecule has 0 saturated carbocycles. The van der Waals surface area contributed by atoms with Crippen LogP contribution in [0, 0.1) is 0 Å². The van der Waals surface area contributed by atoms with Crippen LogP contribution >= 0.6 is 0 Å². The second-order valence-electron chi connectivity index (χ2n) is 3.30. The van der Waals surface area contributed by atoms with E-state index in [0.29, 0.717) is 0 Å². The highest BCUT2D eigenvalue weighted by Gasteiger charge is 1.96. The maximum atomic E-state index is 11.7. The molecule has 0 amide bonds. The van der Waals surface area contributed by atoms with Gasteiger partial charge in [0.15, 0.2) is 0 Å². The third kappa shape index (κ3) is 6.52.